The summed E-state index contributed by atoms with van der Waals surface area (Å²) in [6.07, 6.45) is 4.00. The molecule has 1 aromatic rings. The summed E-state index contributed by atoms with van der Waals surface area (Å²) >= 11 is 7.35. The number of halogens is 1. The van der Waals surface area contributed by atoms with Crippen LogP contribution in [0.25, 0.3) is 6.08 Å². The van der Waals surface area contributed by atoms with Crippen LogP contribution in [0.2, 0.25) is 0 Å². The van der Waals surface area contributed by atoms with Crippen molar-refractivity contribution in [2.24, 2.45) is 0 Å². The molecule has 5 heteroatoms. The van der Waals surface area contributed by atoms with Crippen molar-refractivity contribution < 1.29 is 4.74 Å². The van der Waals surface area contributed by atoms with Crippen LogP contribution in [0.5, 0.6) is 0 Å². The van der Waals surface area contributed by atoms with E-state index < -0.39 is 0 Å². The SMILES string of the molecule is Cc1nc(N2CCOCC2)sc1C=CCCl. The monoisotopic (exact) mass is 258 g/mol. The van der Waals surface area contributed by atoms with Crippen LogP contribution in [-0.4, -0.2) is 37.2 Å². The highest BCUT2D eigenvalue weighted by Crippen LogP contribution is 2.27. The lowest BCUT2D eigenvalue weighted by atomic mass is 10.3. The first-order chi connectivity index (χ1) is 7.81. The van der Waals surface area contributed by atoms with E-state index in [0.29, 0.717) is 5.88 Å². The van der Waals surface area contributed by atoms with Crippen LogP contribution < -0.4 is 4.90 Å². The van der Waals surface area contributed by atoms with Gasteiger partial charge in [0, 0.05) is 19.0 Å². The van der Waals surface area contributed by atoms with Crippen LogP contribution in [0, 0.1) is 6.92 Å². The Morgan fingerprint density at radius 2 is 2.25 bits per heavy atom. The van der Waals surface area contributed by atoms with Crippen LogP contribution in [0.1, 0.15) is 10.6 Å². The van der Waals surface area contributed by atoms with Crippen molar-refractivity contribution in [1.82, 2.24) is 4.98 Å². The van der Waals surface area contributed by atoms with E-state index in [4.69, 9.17) is 16.3 Å². The zero-order chi connectivity index (χ0) is 11.4. The Labute approximate surface area is 105 Å². The number of morpholine rings is 1. The second kappa shape index (κ2) is 5.66. The molecule has 0 aromatic carbocycles. The lowest BCUT2D eigenvalue weighted by Gasteiger charge is -2.25. The molecule has 16 heavy (non-hydrogen) atoms. The zero-order valence-corrected chi connectivity index (χ0v) is 10.9. The lowest BCUT2D eigenvalue weighted by molar-refractivity contribution is 0.122. The van der Waals surface area contributed by atoms with Gasteiger partial charge in [-0.15, -0.1) is 11.6 Å². The first kappa shape index (κ1) is 11.9. The number of rotatable bonds is 3. The van der Waals surface area contributed by atoms with Gasteiger partial charge in [0.1, 0.15) is 0 Å². The third-order valence-electron chi connectivity index (χ3n) is 2.46. The fourth-order valence-corrected chi connectivity index (χ4v) is 2.73. The van der Waals surface area contributed by atoms with E-state index in [1.165, 1.54) is 4.88 Å². The topological polar surface area (TPSA) is 25.4 Å². The van der Waals surface area contributed by atoms with Gasteiger partial charge < -0.3 is 9.64 Å². The number of thiazole rings is 1. The first-order valence-electron chi connectivity index (χ1n) is 5.34. The Morgan fingerprint density at radius 1 is 1.50 bits per heavy atom. The summed E-state index contributed by atoms with van der Waals surface area (Å²) in [7, 11) is 0. The number of alkyl halides is 1. The summed E-state index contributed by atoms with van der Waals surface area (Å²) in [5.74, 6) is 0.546. The molecule has 0 amide bonds. The Balaban J connectivity index is 2.12. The molecule has 3 nitrogen and oxygen atoms in total. The first-order valence-corrected chi connectivity index (χ1v) is 6.69. The number of aryl methyl sites for hydroxylation is 1. The molecular weight excluding hydrogens is 244 g/mol. The average molecular weight is 259 g/mol. The molecule has 0 atom stereocenters. The number of ether oxygens (including phenoxy) is 1. The second-order valence-corrected chi connectivity index (χ2v) is 4.92. The molecule has 1 saturated heterocycles. The van der Waals surface area contributed by atoms with Crippen molar-refractivity contribution in [2.75, 3.05) is 37.1 Å². The van der Waals surface area contributed by atoms with Crippen molar-refractivity contribution in [3.05, 3.63) is 16.6 Å². The molecule has 0 spiro atoms. The maximum absolute atomic E-state index is 5.63. The van der Waals surface area contributed by atoms with Crippen LogP contribution in [0.4, 0.5) is 5.13 Å². The van der Waals surface area contributed by atoms with E-state index in [-0.39, 0.29) is 0 Å². The molecule has 0 bridgehead atoms. The Bertz CT molecular complexity index is 372. The lowest BCUT2D eigenvalue weighted by Crippen LogP contribution is -2.36. The molecule has 1 aliphatic rings. The molecular formula is C11H15ClN2OS. The molecule has 2 heterocycles. The predicted octanol–water partition coefficient (Wildman–Crippen LogP) is 2.54. The summed E-state index contributed by atoms with van der Waals surface area (Å²) in [5, 5.41) is 1.09. The van der Waals surface area contributed by atoms with Gasteiger partial charge in [-0.05, 0) is 13.0 Å². The third kappa shape index (κ3) is 2.75. The van der Waals surface area contributed by atoms with Crippen molar-refractivity contribution in [3.8, 4) is 0 Å². The number of hydrogen-bond donors (Lipinski definition) is 0. The minimum atomic E-state index is 0.546. The normalized spacial score (nSPS) is 17.2. The molecule has 0 N–H and O–H groups in total. The number of hydrogen-bond acceptors (Lipinski definition) is 4. The fourth-order valence-electron chi connectivity index (χ4n) is 1.59. The third-order valence-corrected chi connectivity index (χ3v) is 3.82. The molecule has 0 unspecified atom stereocenters. The molecule has 0 saturated carbocycles. The van der Waals surface area contributed by atoms with E-state index in [9.17, 15) is 0 Å². The van der Waals surface area contributed by atoms with Crippen molar-refractivity contribution >= 4 is 34.1 Å². The Hall–Kier alpha value is -0.580. The molecule has 0 aliphatic carbocycles. The molecule has 1 aliphatic heterocycles. The maximum Gasteiger partial charge on any atom is 0.186 e. The highest BCUT2D eigenvalue weighted by atomic mass is 35.5. The molecule has 1 aromatic heterocycles. The number of allylic oxidation sites excluding steroid dienone is 1. The number of anilines is 1. The van der Waals surface area contributed by atoms with E-state index in [1.54, 1.807) is 11.3 Å². The Morgan fingerprint density at radius 3 is 2.94 bits per heavy atom. The van der Waals surface area contributed by atoms with Crippen molar-refractivity contribution in [1.29, 1.82) is 0 Å². The summed E-state index contributed by atoms with van der Waals surface area (Å²) < 4.78 is 5.33. The molecule has 2 rings (SSSR count). The van der Waals surface area contributed by atoms with Crippen molar-refractivity contribution in [2.45, 2.75) is 6.92 Å². The zero-order valence-electron chi connectivity index (χ0n) is 9.28. The van der Waals surface area contributed by atoms with Gasteiger partial charge in [-0.1, -0.05) is 17.4 Å². The standard InChI is InChI=1S/C11H15ClN2OS/c1-9-10(3-2-4-12)16-11(13-9)14-5-7-15-8-6-14/h2-3H,4-8H2,1H3. The van der Waals surface area contributed by atoms with Crippen molar-refractivity contribution in [3.63, 3.8) is 0 Å². The van der Waals surface area contributed by atoms with Gasteiger partial charge in [0.15, 0.2) is 5.13 Å². The minimum Gasteiger partial charge on any atom is -0.378 e. The molecule has 1 fully saturated rings. The number of aromatic nitrogens is 1. The van der Waals surface area contributed by atoms with E-state index >= 15 is 0 Å². The van der Waals surface area contributed by atoms with E-state index in [1.807, 2.05) is 19.1 Å². The van der Waals surface area contributed by atoms with E-state index in [2.05, 4.69) is 9.88 Å². The van der Waals surface area contributed by atoms with Gasteiger partial charge >= 0.3 is 0 Å². The fraction of sp³-hybridized carbons (Fsp3) is 0.545. The predicted molar refractivity (Wildman–Crippen MR) is 69.6 cm³/mol. The number of nitrogens with zero attached hydrogens (tertiary/aromatic N) is 2. The van der Waals surface area contributed by atoms with Gasteiger partial charge in [0.25, 0.3) is 0 Å². The summed E-state index contributed by atoms with van der Waals surface area (Å²) in [5.41, 5.74) is 1.08. The summed E-state index contributed by atoms with van der Waals surface area (Å²) in [6, 6.07) is 0. The van der Waals surface area contributed by atoms with Crippen LogP contribution in [-0.2, 0) is 4.74 Å². The van der Waals surface area contributed by atoms with Crippen LogP contribution in [0.3, 0.4) is 0 Å². The Kier molecular flexibility index (Phi) is 4.21. The average Bonchev–Trinajstić information content (AvgIpc) is 2.69. The quantitative estimate of drug-likeness (QED) is 0.779. The van der Waals surface area contributed by atoms with E-state index in [0.717, 1.165) is 37.1 Å². The summed E-state index contributed by atoms with van der Waals surface area (Å²) in [6.45, 7) is 5.50. The smallest absolute Gasteiger partial charge is 0.186 e. The molecule has 0 radical (unpaired) electrons. The van der Waals surface area contributed by atoms with Gasteiger partial charge in [-0.3, -0.25) is 0 Å². The van der Waals surface area contributed by atoms with Gasteiger partial charge in [-0.2, -0.15) is 0 Å². The van der Waals surface area contributed by atoms with Gasteiger partial charge in [-0.25, -0.2) is 4.98 Å². The molecule has 88 valence electrons. The highest BCUT2D eigenvalue weighted by molar-refractivity contribution is 7.16. The summed E-state index contributed by atoms with van der Waals surface area (Å²) in [4.78, 5) is 8.06. The van der Waals surface area contributed by atoms with Gasteiger partial charge in [0.05, 0.1) is 23.8 Å². The maximum atomic E-state index is 5.63. The minimum absolute atomic E-state index is 0.546. The van der Waals surface area contributed by atoms with Gasteiger partial charge in [0.2, 0.25) is 0 Å². The van der Waals surface area contributed by atoms with Crippen LogP contribution >= 0.6 is 22.9 Å². The second-order valence-electron chi connectivity index (χ2n) is 3.60. The highest BCUT2D eigenvalue weighted by Gasteiger charge is 2.15. The van der Waals surface area contributed by atoms with Crippen LogP contribution in [0.15, 0.2) is 6.08 Å². The largest absolute Gasteiger partial charge is 0.378 e.